The summed E-state index contributed by atoms with van der Waals surface area (Å²) in [4.78, 5) is 55.4. The van der Waals surface area contributed by atoms with Crippen LogP contribution in [0.3, 0.4) is 0 Å². The number of carbonyl (C=O) groups is 4. The van der Waals surface area contributed by atoms with E-state index in [-0.39, 0.29) is 30.6 Å². The number of carbonyl (C=O) groups excluding carboxylic acids is 4. The number of aryl methyl sites for hydroxylation is 1. The molecule has 1 aliphatic rings. The van der Waals surface area contributed by atoms with E-state index in [1.54, 1.807) is 29.7 Å². The Morgan fingerprint density at radius 1 is 1.16 bits per heavy atom. The normalized spacial score (nSPS) is 13.3. The quantitative estimate of drug-likeness (QED) is 0.363. The van der Waals surface area contributed by atoms with Gasteiger partial charge < -0.3 is 19.4 Å². The fourth-order valence-electron chi connectivity index (χ4n) is 4.13. The fourth-order valence-corrected chi connectivity index (χ4v) is 7.34. The molecule has 202 valence electrons. The van der Waals surface area contributed by atoms with Gasteiger partial charge in [0.25, 0.3) is 5.91 Å². The van der Waals surface area contributed by atoms with E-state index in [4.69, 9.17) is 21.1 Å². The average molecular weight is 596 g/mol. The van der Waals surface area contributed by atoms with Crippen molar-refractivity contribution in [1.29, 1.82) is 0 Å². The number of nitrogens with one attached hydrogen (secondary N) is 1. The molecule has 1 aromatic carbocycles. The Kier molecular flexibility index (Phi) is 9.64. The second-order valence-electron chi connectivity index (χ2n) is 8.34. The Balaban J connectivity index is 1.43. The molecule has 0 unspecified atom stereocenters. The fraction of sp³-hybridized carbons (Fsp3) is 0.400. The number of nitrogens with zero attached hydrogens (tertiary/aromatic N) is 2. The zero-order valence-electron chi connectivity index (χ0n) is 20.8. The third-order valence-corrected chi connectivity index (χ3v) is 9.13. The molecule has 0 bridgehead atoms. The summed E-state index contributed by atoms with van der Waals surface area (Å²) < 4.78 is 12.4. The molecule has 1 aliphatic carbocycles. The summed E-state index contributed by atoms with van der Waals surface area (Å²) in [6, 6.07) is 5.21. The predicted octanol–water partition coefficient (Wildman–Crippen LogP) is 4.45. The van der Waals surface area contributed by atoms with Gasteiger partial charge in [0.1, 0.15) is 11.5 Å². The highest BCUT2D eigenvalue weighted by Gasteiger charge is 2.27. The van der Waals surface area contributed by atoms with Crippen LogP contribution in [0, 0.1) is 0 Å². The van der Waals surface area contributed by atoms with E-state index in [1.165, 1.54) is 29.8 Å². The van der Waals surface area contributed by atoms with Crippen LogP contribution in [-0.4, -0.2) is 53.5 Å². The van der Waals surface area contributed by atoms with Gasteiger partial charge in [-0.3, -0.25) is 14.4 Å². The average Bonchev–Trinajstić information content (AvgIpc) is 3.40. The highest BCUT2D eigenvalue weighted by Crippen LogP contribution is 2.38. The molecule has 0 saturated carbocycles. The van der Waals surface area contributed by atoms with E-state index in [0.29, 0.717) is 25.9 Å². The first kappa shape index (κ1) is 28.3. The van der Waals surface area contributed by atoms with Crippen LogP contribution in [0.4, 0.5) is 5.00 Å². The van der Waals surface area contributed by atoms with Crippen molar-refractivity contribution in [2.75, 3.05) is 30.5 Å². The van der Waals surface area contributed by atoms with Crippen LogP contribution in [0.1, 0.15) is 40.6 Å². The number of thioether (sulfide) groups is 1. The number of hydrogen-bond acceptors (Lipinski definition) is 9. The molecular formula is C25H26ClN3O6S3. The zero-order chi connectivity index (χ0) is 27.2. The van der Waals surface area contributed by atoms with Gasteiger partial charge >= 0.3 is 11.9 Å². The molecule has 3 aromatic rings. The Morgan fingerprint density at radius 3 is 2.71 bits per heavy atom. The summed E-state index contributed by atoms with van der Waals surface area (Å²) in [6.07, 6.45) is 3.71. The maximum atomic E-state index is 12.6. The van der Waals surface area contributed by atoms with Crippen molar-refractivity contribution in [3.63, 3.8) is 0 Å². The summed E-state index contributed by atoms with van der Waals surface area (Å²) in [5, 5.41) is 3.85. The van der Waals surface area contributed by atoms with Crippen molar-refractivity contribution in [2.45, 2.75) is 39.2 Å². The van der Waals surface area contributed by atoms with Crippen molar-refractivity contribution >= 4 is 85.0 Å². The van der Waals surface area contributed by atoms with E-state index < -0.39 is 17.8 Å². The number of halogens is 1. The minimum absolute atomic E-state index is 0.00922. The molecule has 0 spiro atoms. The minimum atomic E-state index is -0.456. The number of esters is 2. The standard InChI is InChI=1S/C25H26ClN3O6S3/c1-3-35-21(32)11-29-16-9-8-14(26)10-18(16)38-25(29)28-20(31)13-36-12-19(30)27-23-22(24(33)34-2)15-6-4-5-7-17(15)37-23/h8-10H,3-7,11-13H2,1-2H3,(H,27,30). The monoisotopic (exact) mass is 595 g/mol. The van der Waals surface area contributed by atoms with E-state index in [1.807, 2.05) is 0 Å². The van der Waals surface area contributed by atoms with Crippen LogP contribution in [0.2, 0.25) is 5.02 Å². The Bertz CT molecular complexity index is 1460. The molecule has 1 N–H and O–H groups in total. The van der Waals surface area contributed by atoms with E-state index in [2.05, 4.69) is 10.3 Å². The molecular weight excluding hydrogens is 570 g/mol. The number of ether oxygens (including phenoxy) is 2. The van der Waals surface area contributed by atoms with Crippen molar-refractivity contribution in [3.05, 3.63) is 44.0 Å². The number of amides is 2. The first-order valence-corrected chi connectivity index (χ1v) is 15.1. The number of hydrogen-bond donors (Lipinski definition) is 1. The molecule has 0 atom stereocenters. The highest BCUT2D eigenvalue weighted by molar-refractivity contribution is 8.00. The maximum absolute atomic E-state index is 12.6. The number of rotatable bonds is 9. The number of methoxy groups -OCH3 is 1. The largest absolute Gasteiger partial charge is 0.465 e. The van der Waals surface area contributed by atoms with Crippen LogP contribution in [0.5, 0.6) is 0 Å². The molecule has 9 nitrogen and oxygen atoms in total. The second-order valence-corrected chi connectivity index (χ2v) is 11.9. The molecule has 13 heteroatoms. The third kappa shape index (κ3) is 6.66. The van der Waals surface area contributed by atoms with E-state index in [0.717, 1.165) is 52.6 Å². The first-order chi connectivity index (χ1) is 18.3. The zero-order valence-corrected chi connectivity index (χ0v) is 24.0. The lowest BCUT2D eigenvalue weighted by atomic mass is 9.95. The van der Waals surface area contributed by atoms with Crippen molar-refractivity contribution in [1.82, 2.24) is 4.57 Å². The summed E-state index contributed by atoms with van der Waals surface area (Å²) in [5.41, 5.74) is 2.12. The molecule has 0 radical (unpaired) electrons. The van der Waals surface area contributed by atoms with Gasteiger partial charge in [0.05, 0.1) is 41.0 Å². The Morgan fingerprint density at radius 2 is 1.95 bits per heavy atom. The summed E-state index contributed by atoms with van der Waals surface area (Å²) in [6.45, 7) is 1.87. The van der Waals surface area contributed by atoms with Gasteiger partial charge in [0.2, 0.25) is 5.91 Å². The lowest BCUT2D eigenvalue weighted by Gasteiger charge is -2.11. The van der Waals surface area contributed by atoms with Crippen LogP contribution in [0.25, 0.3) is 10.2 Å². The number of aromatic nitrogens is 1. The van der Waals surface area contributed by atoms with Gasteiger partial charge in [0, 0.05) is 9.90 Å². The van der Waals surface area contributed by atoms with Gasteiger partial charge in [-0.15, -0.1) is 23.1 Å². The van der Waals surface area contributed by atoms with Crippen molar-refractivity contribution in [3.8, 4) is 0 Å². The van der Waals surface area contributed by atoms with E-state index in [9.17, 15) is 19.2 Å². The molecule has 2 aromatic heterocycles. The highest BCUT2D eigenvalue weighted by atomic mass is 35.5. The SMILES string of the molecule is CCOC(=O)Cn1c(=NC(=O)CSCC(=O)Nc2sc3c(c2C(=O)OC)CCCC3)sc2cc(Cl)ccc21. The Labute approximate surface area is 236 Å². The lowest BCUT2D eigenvalue weighted by molar-refractivity contribution is -0.143. The molecule has 38 heavy (non-hydrogen) atoms. The summed E-state index contributed by atoms with van der Waals surface area (Å²) in [7, 11) is 1.33. The van der Waals surface area contributed by atoms with Crippen LogP contribution < -0.4 is 10.1 Å². The summed E-state index contributed by atoms with van der Waals surface area (Å²) >= 11 is 9.87. The van der Waals surface area contributed by atoms with E-state index >= 15 is 0 Å². The number of fused-ring (bicyclic) bond motifs is 2. The maximum Gasteiger partial charge on any atom is 0.341 e. The van der Waals surface area contributed by atoms with Crippen molar-refractivity contribution < 1.29 is 28.7 Å². The van der Waals surface area contributed by atoms with Crippen LogP contribution >= 0.6 is 46.0 Å². The molecule has 2 heterocycles. The molecule has 4 rings (SSSR count). The summed E-state index contributed by atoms with van der Waals surface area (Å²) in [5.74, 6) is -1.69. The number of anilines is 1. The third-order valence-electron chi connectivity index (χ3n) is 5.73. The molecule has 0 saturated heterocycles. The smallest absolute Gasteiger partial charge is 0.341 e. The van der Waals surface area contributed by atoms with Gasteiger partial charge in [-0.05, 0) is 56.4 Å². The van der Waals surface area contributed by atoms with Gasteiger partial charge in [-0.25, -0.2) is 4.79 Å². The number of thiophene rings is 1. The van der Waals surface area contributed by atoms with Crippen LogP contribution in [-0.2, 0) is 43.2 Å². The topological polar surface area (TPSA) is 116 Å². The molecule has 2 amide bonds. The number of benzene rings is 1. The predicted molar refractivity (Wildman–Crippen MR) is 150 cm³/mol. The molecule has 0 aliphatic heterocycles. The lowest BCUT2D eigenvalue weighted by Crippen LogP contribution is -2.23. The minimum Gasteiger partial charge on any atom is -0.465 e. The Hall–Kier alpha value is -2.67. The van der Waals surface area contributed by atoms with Gasteiger partial charge in [0.15, 0.2) is 4.80 Å². The van der Waals surface area contributed by atoms with Gasteiger partial charge in [-0.1, -0.05) is 22.9 Å². The van der Waals surface area contributed by atoms with Crippen LogP contribution in [0.15, 0.2) is 23.2 Å². The first-order valence-electron chi connectivity index (χ1n) is 11.9. The second kappa shape index (κ2) is 12.9. The van der Waals surface area contributed by atoms with Gasteiger partial charge in [-0.2, -0.15) is 4.99 Å². The van der Waals surface area contributed by atoms with Crippen molar-refractivity contribution in [2.24, 2.45) is 4.99 Å². The number of thiazole rings is 1. The molecule has 0 fully saturated rings.